The molecule has 3 heterocycles. The summed E-state index contributed by atoms with van der Waals surface area (Å²) in [6.45, 7) is 2.20. The largest absolute Gasteiger partial charge is 0.339 e. The van der Waals surface area contributed by atoms with Gasteiger partial charge in [-0.25, -0.2) is 4.39 Å². The van der Waals surface area contributed by atoms with Gasteiger partial charge in [-0.2, -0.15) is 5.10 Å². The number of carbonyl (C=O) groups is 1. The van der Waals surface area contributed by atoms with Crippen molar-refractivity contribution in [2.75, 3.05) is 0 Å². The Labute approximate surface area is 181 Å². The number of fused-ring (bicyclic) bond motifs is 2. The lowest BCUT2D eigenvalue weighted by atomic mass is 9.59. The van der Waals surface area contributed by atoms with Gasteiger partial charge in [-0.15, -0.1) is 0 Å². The van der Waals surface area contributed by atoms with Crippen LogP contribution in [0, 0.1) is 12.7 Å². The SMILES string of the molecule is BC1(B)c2ncccc2C(=O)N1Cc1ccc(-c2ccc(C)c3nn(C)cc23)cc1F. The minimum Gasteiger partial charge on any atom is -0.339 e. The molecular formula is C23H21B2FN4O. The molecule has 0 radical (unpaired) electrons. The van der Waals surface area contributed by atoms with Gasteiger partial charge in [0.15, 0.2) is 0 Å². The van der Waals surface area contributed by atoms with Crippen LogP contribution in [0.2, 0.25) is 0 Å². The standard InChI is InChI=1S/C23H21B2FN4O/c1-13-5-8-16(18-12-29(2)28-20(13)18)14-6-7-15(19(26)10-14)11-30-22(31)17-4-3-9-27-21(17)23(30,24)25/h3-10,12H,11,24-25H2,1-2H3. The molecule has 0 saturated carbocycles. The Morgan fingerprint density at radius 2 is 1.94 bits per heavy atom. The fourth-order valence-corrected chi connectivity index (χ4v) is 4.48. The first kappa shape index (κ1) is 19.5. The van der Waals surface area contributed by atoms with Crippen molar-refractivity contribution in [2.24, 2.45) is 7.05 Å². The molecule has 0 saturated heterocycles. The zero-order valence-electron chi connectivity index (χ0n) is 18.0. The number of pyridine rings is 1. The molecule has 0 spiro atoms. The summed E-state index contributed by atoms with van der Waals surface area (Å²) in [5, 5.41) is 4.92. The molecule has 152 valence electrons. The van der Waals surface area contributed by atoms with Crippen LogP contribution in [-0.2, 0) is 18.9 Å². The summed E-state index contributed by atoms with van der Waals surface area (Å²) in [5.41, 5.74) is 5.52. The van der Waals surface area contributed by atoms with Crippen molar-refractivity contribution in [3.63, 3.8) is 0 Å². The first-order chi connectivity index (χ1) is 14.8. The van der Waals surface area contributed by atoms with Crippen LogP contribution in [0.4, 0.5) is 4.39 Å². The Balaban J connectivity index is 1.51. The van der Waals surface area contributed by atoms with Gasteiger partial charge in [0.05, 0.1) is 16.8 Å². The van der Waals surface area contributed by atoms with Crippen molar-refractivity contribution in [1.82, 2.24) is 19.7 Å². The maximum Gasteiger partial charge on any atom is 0.255 e. The number of halogens is 1. The van der Waals surface area contributed by atoms with Gasteiger partial charge in [0.25, 0.3) is 5.91 Å². The van der Waals surface area contributed by atoms with Gasteiger partial charge in [-0.05, 0) is 41.8 Å². The van der Waals surface area contributed by atoms with Gasteiger partial charge < -0.3 is 4.90 Å². The Bertz CT molecular complexity index is 1370. The van der Waals surface area contributed by atoms with Crippen LogP contribution in [0.15, 0.2) is 54.9 Å². The fraction of sp³-hybridized carbons (Fsp3) is 0.174. The van der Waals surface area contributed by atoms with Crippen molar-refractivity contribution in [1.29, 1.82) is 0 Å². The van der Waals surface area contributed by atoms with E-state index >= 15 is 4.39 Å². The molecule has 5 nitrogen and oxygen atoms in total. The van der Waals surface area contributed by atoms with Crippen LogP contribution in [0.5, 0.6) is 0 Å². The average molecular weight is 410 g/mol. The van der Waals surface area contributed by atoms with E-state index in [0.717, 1.165) is 33.3 Å². The highest BCUT2D eigenvalue weighted by atomic mass is 19.1. The van der Waals surface area contributed by atoms with Gasteiger partial charge in [-0.1, -0.05) is 24.3 Å². The molecule has 0 N–H and O–H groups in total. The lowest BCUT2D eigenvalue weighted by Gasteiger charge is -2.32. The van der Waals surface area contributed by atoms with E-state index in [1.165, 1.54) is 0 Å². The van der Waals surface area contributed by atoms with Crippen LogP contribution in [0.25, 0.3) is 22.0 Å². The Kier molecular flexibility index (Phi) is 4.29. The van der Waals surface area contributed by atoms with Crippen molar-refractivity contribution < 1.29 is 9.18 Å². The van der Waals surface area contributed by atoms with Gasteiger partial charge in [0, 0.05) is 42.3 Å². The van der Waals surface area contributed by atoms with E-state index in [-0.39, 0.29) is 18.3 Å². The second-order valence-corrected chi connectivity index (χ2v) is 8.65. The Morgan fingerprint density at radius 1 is 1.13 bits per heavy atom. The summed E-state index contributed by atoms with van der Waals surface area (Å²) in [4.78, 5) is 19.0. The van der Waals surface area contributed by atoms with Crippen molar-refractivity contribution in [3.8, 4) is 11.1 Å². The van der Waals surface area contributed by atoms with E-state index in [9.17, 15) is 4.79 Å². The van der Waals surface area contributed by atoms with E-state index in [2.05, 4.69) is 10.1 Å². The van der Waals surface area contributed by atoms with Gasteiger partial charge in [0.1, 0.15) is 21.5 Å². The molecule has 4 aromatic rings. The highest BCUT2D eigenvalue weighted by Gasteiger charge is 2.43. The molecule has 0 unspecified atom stereocenters. The average Bonchev–Trinajstić information content (AvgIpc) is 3.22. The van der Waals surface area contributed by atoms with E-state index < -0.39 is 5.34 Å². The number of hydrogen-bond acceptors (Lipinski definition) is 3. The lowest BCUT2D eigenvalue weighted by Crippen LogP contribution is -2.44. The van der Waals surface area contributed by atoms with E-state index in [0.29, 0.717) is 11.1 Å². The van der Waals surface area contributed by atoms with E-state index in [1.54, 1.807) is 40.0 Å². The number of amides is 1. The van der Waals surface area contributed by atoms with Crippen molar-refractivity contribution in [2.45, 2.75) is 18.8 Å². The lowest BCUT2D eigenvalue weighted by molar-refractivity contribution is 0.0729. The third-order valence-corrected chi connectivity index (χ3v) is 6.22. The molecule has 1 aliphatic heterocycles. The predicted molar refractivity (Wildman–Crippen MR) is 124 cm³/mol. The summed E-state index contributed by atoms with van der Waals surface area (Å²) in [5.74, 6) is -0.449. The molecule has 1 amide bonds. The Morgan fingerprint density at radius 3 is 2.68 bits per heavy atom. The molecule has 2 aromatic heterocycles. The Hall–Kier alpha value is -3.41. The van der Waals surface area contributed by atoms with Gasteiger partial charge >= 0.3 is 0 Å². The molecule has 0 aliphatic carbocycles. The molecular weight excluding hydrogens is 389 g/mol. The van der Waals surface area contributed by atoms with Gasteiger partial charge in [-0.3, -0.25) is 14.5 Å². The van der Waals surface area contributed by atoms with E-state index in [1.807, 2.05) is 54.1 Å². The molecule has 5 rings (SSSR count). The maximum atomic E-state index is 15.2. The molecule has 2 aromatic carbocycles. The quantitative estimate of drug-likeness (QED) is 0.487. The monoisotopic (exact) mass is 410 g/mol. The topological polar surface area (TPSA) is 51.0 Å². The molecule has 0 bridgehead atoms. The van der Waals surface area contributed by atoms with Crippen LogP contribution in [-0.4, -0.2) is 41.3 Å². The summed E-state index contributed by atoms with van der Waals surface area (Å²) in [7, 11) is 5.78. The normalized spacial score (nSPS) is 14.9. The highest BCUT2D eigenvalue weighted by molar-refractivity contribution is 6.42. The minimum atomic E-state index is -0.600. The third-order valence-electron chi connectivity index (χ3n) is 6.22. The molecule has 0 atom stereocenters. The summed E-state index contributed by atoms with van der Waals surface area (Å²) < 4.78 is 17.0. The summed E-state index contributed by atoms with van der Waals surface area (Å²) in [6, 6.07) is 12.8. The number of hydrogen-bond donors (Lipinski definition) is 0. The first-order valence-electron chi connectivity index (χ1n) is 10.3. The number of benzene rings is 2. The van der Waals surface area contributed by atoms with Crippen LogP contribution >= 0.6 is 0 Å². The van der Waals surface area contributed by atoms with Crippen LogP contribution in [0.3, 0.4) is 0 Å². The fourth-order valence-electron chi connectivity index (χ4n) is 4.48. The van der Waals surface area contributed by atoms with Gasteiger partial charge in [0.2, 0.25) is 0 Å². The maximum absolute atomic E-state index is 15.2. The molecule has 0 fully saturated rings. The van der Waals surface area contributed by atoms with Crippen molar-refractivity contribution in [3.05, 3.63) is 83.1 Å². The third kappa shape index (κ3) is 2.97. The van der Waals surface area contributed by atoms with E-state index in [4.69, 9.17) is 0 Å². The molecule has 31 heavy (non-hydrogen) atoms. The number of rotatable bonds is 3. The number of nitrogens with zero attached hydrogens (tertiary/aromatic N) is 4. The predicted octanol–water partition coefficient (Wildman–Crippen LogP) is 2.12. The van der Waals surface area contributed by atoms with Crippen LogP contribution < -0.4 is 0 Å². The molecule has 8 heteroatoms. The zero-order chi connectivity index (χ0) is 21.9. The summed E-state index contributed by atoms with van der Waals surface area (Å²) >= 11 is 0. The zero-order valence-corrected chi connectivity index (χ0v) is 18.0. The number of carbonyl (C=O) groups excluding carboxylic acids is 1. The summed E-state index contributed by atoms with van der Waals surface area (Å²) in [6.07, 6.45) is 3.65. The minimum absolute atomic E-state index is 0.118. The number of aromatic nitrogens is 3. The second kappa shape index (κ2) is 6.80. The smallest absolute Gasteiger partial charge is 0.255 e. The van der Waals surface area contributed by atoms with Crippen LogP contribution in [0.1, 0.15) is 27.2 Å². The molecule has 1 aliphatic rings. The number of aryl methyl sites for hydroxylation is 2. The highest BCUT2D eigenvalue weighted by Crippen LogP contribution is 2.35. The first-order valence-corrected chi connectivity index (χ1v) is 10.3. The second-order valence-electron chi connectivity index (χ2n) is 8.65. The van der Waals surface area contributed by atoms with Crippen molar-refractivity contribution >= 4 is 32.5 Å².